The van der Waals surface area contributed by atoms with Crippen LogP contribution in [0.3, 0.4) is 0 Å². The number of carbonyl (C=O) groups excluding carboxylic acids is 1. The van der Waals surface area contributed by atoms with E-state index >= 15 is 0 Å². The Labute approximate surface area is 188 Å². The van der Waals surface area contributed by atoms with E-state index in [1.165, 1.54) is 17.7 Å². The minimum absolute atomic E-state index is 0.00194. The first-order valence-electron chi connectivity index (χ1n) is 10.0. The number of ether oxygens (including phenoxy) is 2. The van der Waals surface area contributed by atoms with Gasteiger partial charge in [0.15, 0.2) is 5.76 Å². The molecule has 33 heavy (non-hydrogen) atoms. The van der Waals surface area contributed by atoms with Gasteiger partial charge in [0.1, 0.15) is 30.5 Å². The standard InChI is InChI=1S/C23H22F2N2O6/c1-14(2)15-3-5-18(6-4-15)31-12-19-7-8-21(33-19)23(28)26-16-9-17(27(29)30)11-20(10-16)32-13-22(24)25/h3-11,14,22H,12-13H2,1-2H3,(H,26,28). The molecule has 1 aromatic heterocycles. The van der Waals surface area contributed by atoms with Gasteiger partial charge in [0.25, 0.3) is 18.0 Å². The lowest BCUT2D eigenvalue weighted by atomic mass is 10.0. The Morgan fingerprint density at radius 2 is 1.79 bits per heavy atom. The topological polar surface area (TPSA) is 104 Å². The first-order valence-corrected chi connectivity index (χ1v) is 10.0. The van der Waals surface area contributed by atoms with E-state index in [1.54, 1.807) is 6.07 Å². The fourth-order valence-corrected chi connectivity index (χ4v) is 2.88. The molecule has 0 saturated heterocycles. The minimum Gasteiger partial charge on any atom is -0.487 e. The van der Waals surface area contributed by atoms with E-state index in [4.69, 9.17) is 13.9 Å². The fourth-order valence-electron chi connectivity index (χ4n) is 2.88. The van der Waals surface area contributed by atoms with Gasteiger partial charge in [-0.25, -0.2) is 8.78 Å². The van der Waals surface area contributed by atoms with Crippen LogP contribution in [0.15, 0.2) is 59.0 Å². The third-order valence-electron chi connectivity index (χ3n) is 4.55. The molecule has 1 heterocycles. The van der Waals surface area contributed by atoms with Gasteiger partial charge in [-0.3, -0.25) is 14.9 Å². The number of anilines is 1. The van der Waals surface area contributed by atoms with Crippen molar-refractivity contribution in [3.8, 4) is 11.5 Å². The molecule has 0 bridgehead atoms. The van der Waals surface area contributed by atoms with Crippen molar-refractivity contribution in [1.29, 1.82) is 0 Å². The lowest BCUT2D eigenvalue weighted by Crippen LogP contribution is -2.12. The van der Waals surface area contributed by atoms with Crippen LogP contribution >= 0.6 is 0 Å². The number of hydrogen-bond acceptors (Lipinski definition) is 6. The van der Waals surface area contributed by atoms with Crippen LogP contribution in [0, 0.1) is 10.1 Å². The Morgan fingerprint density at radius 1 is 1.06 bits per heavy atom. The van der Waals surface area contributed by atoms with Gasteiger partial charge in [-0.1, -0.05) is 26.0 Å². The third kappa shape index (κ3) is 6.76. The Balaban J connectivity index is 1.64. The molecule has 0 saturated carbocycles. The maximum atomic E-state index is 12.5. The molecule has 0 fully saturated rings. The first kappa shape index (κ1) is 23.7. The van der Waals surface area contributed by atoms with E-state index in [1.807, 2.05) is 24.3 Å². The molecule has 0 atom stereocenters. The van der Waals surface area contributed by atoms with Crippen molar-refractivity contribution in [2.24, 2.45) is 0 Å². The quantitative estimate of drug-likeness (QED) is 0.304. The normalized spacial score (nSPS) is 11.0. The number of rotatable bonds is 10. The van der Waals surface area contributed by atoms with Crippen molar-refractivity contribution < 1.29 is 32.4 Å². The summed E-state index contributed by atoms with van der Waals surface area (Å²) >= 11 is 0. The maximum absolute atomic E-state index is 12.5. The zero-order chi connectivity index (χ0) is 24.0. The van der Waals surface area contributed by atoms with Gasteiger partial charge in [-0.15, -0.1) is 0 Å². The predicted molar refractivity (Wildman–Crippen MR) is 116 cm³/mol. The zero-order valence-electron chi connectivity index (χ0n) is 17.9. The van der Waals surface area contributed by atoms with E-state index in [0.717, 1.165) is 12.1 Å². The average Bonchev–Trinajstić information content (AvgIpc) is 3.25. The molecule has 1 N–H and O–H groups in total. The summed E-state index contributed by atoms with van der Waals surface area (Å²) < 4.78 is 40.8. The van der Waals surface area contributed by atoms with E-state index in [-0.39, 0.29) is 23.8 Å². The summed E-state index contributed by atoms with van der Waals surface area (Å²) in [5, 5.41) is 13.5. The molecule has 0 aliphatic heterocycles. The van der Waals surface area contributed by atoms with E-state index < -0.39 is 29.6 Å². The Bertz CT molecular complexity index is 1110. The molecule has 174 valence electrons. The van der Waals surface area contributed by atoms with Crippen molar-refractivity contribution in [2.45, 2.75) is 32.8 Å². The summed E-state index contributed by atoms with van der Waals surface area (Å²) in [7, 11) is 0. The summed E-state index contributed by atoms with van der Waals surface area (Å²) in [4.78, 5) is 22.9. The minimum atomic E-state index is -2.75. The summed E-state index contributed by atoms with van der Waals surface area (Å²) in [6.45, 7) is 3.35. The monoisotopic (exact) mass is 460 g/mol. The molecule has 0 spiro atoms. The molecular weight excluding hydrogens is 438 g/mol. The highest BCUT2D eigenvalue weighted by molar-refractivity contribution is 6.02. The number of non-ortho nitro benzene ring substituents is 1. The summed E-state index contributed by atoms with van der Waals surface area (Å²) in [5.41, 5.74) is 0.759. The number of nitro groups is 1. The van der Waals surface area contributed by atoms with Crippen LogP contribution in [0.2, 0.25) is 0 Å². The summed E-state index contributed by atoms with van der Waals surface area (Å²) in [5.74, 6) is 0.552. The molecule has 10 heteroatoms. The predicted octanol–water partition coefficient (Wildman–Crippen LogP) is 5.79. The van der Waals surface area contributed by atoms with Crippen LogP contribution in [0.1, 0.15) is 41.6 Å². The van der Waals surface area contributed by atoms with Crippen molar-refractivity contribution in [3.63, 3.8) is 0 Å². The number of amides is 1. The van der Waals surface area contributed by atoms with Gasteiger partial charge in [-0.2, -0.15) is 0 Å². The molecular formula is C23H22F2N2O6. The van der Waals surface area contributed by atoms with Crippen molar-refractivity contribution >= 4 is 17.3 Å². The molecule has 0 radical (unpaired) electrons. The van der Waals surface area contributed by atoms with Crippen molar-refractivity contribution in [3.05, 3.63) is 81.8 Å². The zero-order valence-corrected chi connectivity index (χ0v) is 17.9. The van der Waals surface area contributed by atoms with Crippen LogP contribution in [0.25, 0.3) is 0 Å². The number of furan rings is 1. The molecule has 0 unspecified atom stereocenters. The highest BCUT2D eigenvalue weighted by atomic mass is 19.3. The molecule has 0 aliphatic rings. The Hall–Kier alpha value is -3.95. The fraction of sp³-hybridized carbons (Fsp3) is 0.261. The highest BCUT2D eigenvalue weighted by Crippen LogP contribution is 2.27. The number of halogens is 2. The number of carbonyl (C=O) groups is 1. The van der Waals surface area contributed by atoms with Crippen LogP contribution < -0.4 is 14.8 Å². The average molecular weight is 460 g/mol. The molecule has 3 rings (SSSR count). The SMILES string of the molecule is CC(C)c1ccc(OCc2ccc(C(=O)Nc3cc(OCC(F)F)cc([N+](=O)[O-])c3)o2)cc1. The van der Waals surface area contributed by atoms with Crippen LogP contribution in [0.4, 0.5) is 20.2 Å². The van der Waals surface area contributed by atoms with E-state index in [0.29, 0.717) is 17.4 Å². The third-order valence-corrected chi connectivity index (χ3v) is 4.55. The number of benzene rings is 2. The summed E-state index contributed by atoms with van der Waals surface area (Å²) in [6.07, 6.45) is -2.75. The number of alkyl halides is 2. The molecule has 8 nitrogen and oxygen atoms in total. The largest absolute Gasteiger partial charge is 0.487 e. The smallest absolute Gasteiger partial charge is 0.291 e. The first-order chi connectivity index (χ1) is 15.7. The van der Waals surface area contributed by atoms with E-state index in [2.05, 4.69) is 19.2 Å². The highest BCUT2D eigenvalue weighted by Gasteiger charge is 2.17. The van der Waals surface area contributed by atoms with E-state index in [9.17, 15) is 23.7 Å². The number of nitro benzene ring substituents is 1. The van der Waals surface area contributed by atoms with Crippen molar-refractivity contribution in [2.75, 3.05) is 11.9 Å². The number of nitrogens with one attached hydrogen (secondary N) is 1. The second-order valence-electron chi connectivity index (χ2n) is 7.41. The Kier molecular flexibility index (Phi) is 7.60. The van der Waals surface area contributed by atoms with Gasteiger partial charge in [0, 0.05) is 12.1 Å². The number of nitrogens with zero attached hydrogens (tertiary/aromatic N) is 1. The van der Waals surface area contributed by atoms with Crippen LogP contribution in [-0.2, 0) is 6.61 Å². The van der Waals surface area contributed by atoms with Gasteiger partial charge in [0.05, 0.1) is 16.7 Å². The molecule has 0 aliphatic carbocycles. The lowest BCUT2D eigenvalue weighted by molar-refractivity contribution is -0.384. The maximum Gasteiger partial charge on any atom is 0.291 e. The van der Waals surface area contributed by atoms with Gasteiger partial charge in [0.2, 0.25) is 0 Å². The van der Waals surface area contributed by atoms with Gasteiger partial charge < -0.3 is 19.2 Å². The second kappa shape index (κ2) is 10.6. The molecule has 1 amide bonds. The van der Waals surface area contributed by atoms with Crippen LogP contribution in [-0.4, -0.2) is 23.9 Å². The molecule has 3 aromatic rings. The van der Waals surface area contributed by atoms with Crippen molar-refractivity contribution in [1.82, 2.24) is 0 Å². The Morgan fingerprint density at radius 3 is 2.42 bits per heavy atom. The lowest BCUT2D eigenvalue weighted by Gasteiger charge is -2.09. The summed E-state index contributed by atoms with van der Waals surface area (Å²) in [6, 6.07) is 13.9. The van der Waals surface area contributed by atoms with Gasteiger partial charge >= 0.3 is 0 Å². The number of hydrogen-bond donors (Lipinski definition) is 1. The second-order valence-corrected chi connectivity index (χ2v) is 7.41. The van der Waals surface area contributed by atoms with Gasteiger partial charge in [-0.05, 0) is 35.7 Å². The molecule has 2 aromatic carbocycles. The van der Waals surface area contributed by atoms with Crippen LogP contribution in [0.5, 0.6) is 11.5 Å².